The molecule has 272 valence electrons. The van der Waals surface area contributed by atoms with Gasteiger partial charge in [-0.05, 0) is 54.2 Å². The van der Waals surface area contributed by atoms with Crippen LogP contribution in [0.5, 0.6) is 0 Å². The molecule has 15 nitrogen and oxygen atoms in total. The molecule has 1 aromatic carbocycles. The Bertz CT molecular complexity index is 1640. The number of hydrogen-bond donors (Lipinski definition) is 4. The SMILES string of the molecule is CC1CC(=O)N(CCCNC(=O)CCCCCN2C(=O)CC(SCC(N)C(=O)O)C2=O)N=C1c1ccc(NC(=O)N2Cc3ccncc3C2)cc1. The number of carboxylic acids is 1. The van der Waals surface area contributed by atoms with Gasteiger partial charge in [-0.15, -0.1) is 11.8 Å². The van der Waals surface area contributed by atoms with Crippen LogP contribution in [-0.2, 0) is 37.1 Å². The Kier molecular flexibility index (Phi) is 12.8. The molecule has 0 saturated carbocycles. The van der Waals surface area contributed by atoms with Crippen molar-refractivity contribution in [3.05, 3.63) is 59.4 Å². The molecule has 3 atom stereocenters. The summed E-state index contributed by atoms with van der Waals surface area (Å²) in [5.74, 6) is -1.96. The molecule has 16 heteroatoms. The average molecular weight is 721 g/mol. The normalized spacial score (nSPS) is 19.2. The van der Waals surface area contributed by atoms with Crippen LogP contribution in [0, 0.1) is 5.92 Å². The molecule has 3 unspecified atom stereocenters. The van der Waals surface area contributed by atoms with Gasteiger partial charge >= 0.3 is 12.0 Å². The molecule has 6 amide bonds. The number of pyridine rings is 1. The Hall–Kier alpha value is -4.83. The molecule has 1 saturated heterocycles. The number of nitrogens with zero attached hydrogens (tertiary/aromatic N) is 5. The van der Waals surface area contributed by atoms with Crippen molar-refractivity contribution in [2.45, 2.75) is 76.3 Å². The smallest absolute Gasteiger partial charge is 0.322 e. The topological polar surface area (TPSA) is 208 Å². The summed E-state index contributed by atoms with van der Waals surface area (Å²) in [6.07, 6.45) is 6.51. The lowest BCUT2D eigenvalue weighted by molar-refractivity contribution is -0.139. The fraction of sp³-hybridized carbons (Fsp3) is 0.486. The molecular formula is C35H44N8O7S. The van der Waals surface area contributed by atoms with E-state index in [4.69, 9.17) is 10.8 Å². The fourth-order valence-corrected chi connectivity index (χ4v) is 7.25. The first-order valence-electron chi connectivity index (χ1n) is 17.2. The lowest BCUT2D eigenvalue weighted by atomic mass is 9.93. The predicted molar refractivity (Wildman–Crippen MR) is 190 cm³/mol. The van der Waals surface area contributed by atoms with Crippen LogP contribution in [0.15, 0.2) is 47.8 Å². The minimum absolute atomic E-state index is 0.0369. The minimum atomic E-state index is -1.15. The molecule has 0 spiro atoms. The number of thioether (sulfide) groups is 1. The zero-order chi connectivity index (χ0) is 36.5. The van der Waals surface area contributed by atoms with Crippen molar-refractivity contribution in [2.24, 2.45) is 16.8 Å². The summed E-state index contributed by atoms with van der Waals surface area (Å²) in [6, 6.07) is 8.08. The van der Waals surface area contributed by atoms with Crippen molar-refractivity contribution >= 4 is 58.8 Å². The molecule has 3 aliphatic heterocycles. The van der Waals surface area contributed by atoms with E-state index < -0.39 is 17.3 Å². The number of amides is 6. The van der Waals surface area contributed by atoms with Crippen LogP contribution in [0.4, 0.5) is 10.5 Å². The number of unbranched alkanes of at least 4 members (excludes halogenated alkanes) is 2. The number of nitrogens with two attached hydrogens (primary N) is 1. The third kappa shape index (κ3) is 9.91. The van der Waals surface area contributed by atoms with E-state index in [1.807, 2.05) is 37.3 Å². The summed E-state index contributed by atoms with van der Waals surface area (Å²) in [4.78, 5) is 80.7. The Morgan fingerprint density at radius 2 is 1.75 bits per heavy atom. The first-order valence-corrected chi connectivity index (χ1v) is 18.2. The third-order valence-electron chi connectivity index (χ3n) is 9.06. The van der Waals surface area contributed by atoms with E-state index in [0.717, 1.165) is 34.2 Å². The van der Waals surface area contributed by atoms with E-state index in [2.05, 4.69) is 20.7 Å². The Morgan fingerprint density at radius 3 is 2.49 bits per heavy atom. The highest BCUT2D eigenvalue weighted by Gasteiger charge is 2.38. The van der Waals surface area contributed by atoms with Gasteiger partial charge in [0.1, 0.15) is 6.04 Å². The molecular weight excluding hydrogens is 677 g/mol. The van der Waals surface area contributed by atoms with Crippen molar-refractivity contribution in [3.8, 4) is 0 Å². The zero-order valence-corrected chi connectivity index (χ0v) is 29.4. The molecule has 4 heterocycles. The molecule has 51 heavy (non-hydrogen) atoms. The van der Waals surface area contributed by atoms with Crippen molar-refractivity contribution in [2.75, 3.05) is 30.7 Å². The number of aliphatic carboxylic acids is 1. The first-order chi connectivity index (χ1) is 24.5. The van der Waals surface area contributed by atoms with Crippen LogP contribution < -0.4 is 16.4 Å². The number of nitrogens with one attached hydrogen (secondary N) is 2. The number of imide groups is 1. The largest absolute Gasteiger partial charge is 0.480 e. The molecule has 0 bridgehead atoms. The van der Waals surface area contributed by atoms with Gasteiger partial charge in [0.05, 0.1) is 11.0 Å². The minimum Gasteiger partial charge on any atom is -0.480 e. The third-order valence-corrected chi connectivity index (χ3v) is 10.4. The van der Waals surface area contributed by atoms with Crippen LogP contribution in [0.3, 0.4) is 0 Å². The molecule has 5 N–H and O–H groups in total. The van der Waals surface area contributed by atoms with Crippen molar-refractivity contribution in [3.63, 3.8) is 0 Å². The van der Waals surface area contributed by atoms with Crippen LogP contribution in [0.25, 0.3) is 0 Å². The number of urea groups is 1. The van der Waals surface area contributed by atoms with Gasteiger partial charge in [-0.2, -0.15) is 5.10 Å². The number of hydrazone groups is 1. The molecule has 5 rings (SSSR count). The van der Waals surface area contributed by atoms with Crippen molar-refractivity contribution in [1.82, 2.24) is 25.1 Å². The second kappa shape index (κ2) is 17.4. The lowest BCUT2D eigenvalue weighted by Crippen LogP contribution is -2.38. The van der Waals surface area contributed by atoms with Crippen molar-refractivity contribution in [1.29, 1.82) is 0 Å². The quantitative estimate of drug-likeness (QED) is 0.147. The summed E-state index contributed by atoms with van der Waals surface area (Å²) in [5, 5.41) is 20.2. The van der Waals surface area contributed by atoms with E-state index in [1.165, 1.54) is 9.91 Å². The number of benzene rings is 1. The van der Waals surface area contributed by atoms with Gasteiger partial charge in [0, 0.05) is 81.7 Å². The number of aromatic nitrogens is 1. The number of fused-ring (bicyclic) bond motifs is 1. The number of hydrogen-bond acceptors (Lipinski definition) is 10. The van der Waals surface area contributed by atoms with Crippen LogP contribution in [-0.4, -0.2) is 103 Å². The summed E-state index contributed by atoms with van der Waals surface area (Å²) >= 11 is 1.09. The van der Waals surface area contributed by atoms with Crippen LogP contribution in [0.1, 0.15) is 68.6 Å². The maximum Gasteiger partial charge on any atom is 0.322 e. The van der Waals surface area contributed by atoms with E-state index in [0.29, 0.717) is 70.4 Å². The van der Waals surface area contributed by atoms with Crippen LogP contribution in [0.2, 0.25) is 0 Å². The highest BCUT2D eigenvalue weighted by Crippen LogP contribution is 2.27. The van der Waals surface area contributed by atoms with Gasteiger partial charge in [-0.3, -0.25) is 33.9 Å². The zero-order valence-electron chi connectivity index (χ0n) is 28.6. The molecule has 2 aromatic rings. The van der Waals surface area contributed by atoms with Gasteiger partial charge < -0.3 is 26.4 Å². The number of likely N-dealkylation sites (tertiary alicyclic amines) is 1. The van der Waals surface area contributed by atoms with E-state index in [-0.39, 0.29) is 54.3 Å². The molecule has 3 aliphatic rings. The van der Waals surface area contributed by atoms with E-state index >= 15 is 0 Å². The van der Waals surface area contributed by atoms with Gasteiger partial charge in [0.2, 0.25) is 23.6 Å². The molecule has 0 radical (unpaired) electrons. The molecule has 0 aliphatic carbocycles. The lowest BCUT2D eigenvalue weighted by Gasteiger charge is -2.28. The van der Waals surface area contributed by atoms with Gasteiger partial charge in [-0.1, -0.05) is 25.5 Å². The van der Waals surface area contributed by atoms with Crippen molar-refractivity contribution < 1.29 is 33.9 Å². The number of anilines is 1. The summed E-state index contributed by atoms with van der Waals surface area (Å²) in [6.45, 7) is 4.02. The Labute approximate surface area is 300 Å². The molecule has 1 fully saturated rings. The second-order valence-corrected chi connectivity index (χ2v) is 14.2. The number of carboxylic acid groups (broad SMARTS) is 1. The monoisotopic (exact) mass is 720 g/mol. The predicted octanol–water partition coefficient (Wildman–Crippen LogP) is 2.54. The van der Waals surface area contributed by atoms with Gasteiger partial charge in [0.25, 0.3) is 0 Å². The fourth-order valence-electron chi connectivity index (χ4n) is 6.14. The van der Waals surface area contributed by atoms with Crippen LogP contribution >= 0.6 is 11.8 Å². The summed E-state index contributed by atoms with van der Waals surface area (Å²) in [5.41, 5.74) is 9.95. The number of carbonyl (C=O) groups is 6. The Balaban J connectivity index is 0.984. The standard InChI is InChI=1S/C35H44N8O7S/c1-22-16-31(46)43(40-32(22)23-7-9-26(10-8-23)39-35(50)41-19-24-11-13-37-18-25(24)20-41)15-5-12-38-29(44)6-3-2-4-14-42-30(45)17-28(33(42)47)51-21-27(36)34(48)49/h7-11,13,18,22,27-28H,2-6,12,14-17,19-21,36H2,1H3,(H,38,44)(H,39,50)(H,48,49). The maximum absolute atomic E-state index is 12.8. The second-order valence-electron chi connectivity index (χ2n) is 13.0. The molecule has 1 aromatic heterocycles. The van der Waals surface area contributed by atoms with Gasteiger partial charge in [-0.25, -0.2) is 9.80 Å². The number of rotatable bonds is 16. The Morgan fingerprint density at radius 1 is 0.980 bits per heavy atom. The highest BCUT2D eigenvalue weighted by atomic mass is 32.2. The summed E-state index contributed by atoms with van der Waals surface area (Å²) < 4.78 is 0. The summed E-state index contributed by atoms with van der Waals surface area (Å²) in [7, 11) is 0. The first kappa shape index (κ1) is 37.4. The van der Waals surface area contributed by atoms with Gasteiger partial charge in [0.15, 0.2) is 0 Å². The van der Waals surface area contributed by atoms with E-state index in [9.17, 15) is 28.8 Å². The maximum atomic E-state index is 12.8. The highest BCUT2D eigenvalue weighted by molar-refractivity contribution is 8.00. The average Bonchev–Trinajstić information content (AvgIpc) is 3.66. The number of carbonyl (C=O) groups excluding carboxylic acids is 5. The van der Waals surface area contributed by atoms with E-state index in [1.54, 1.807) is 17.3 Å².